The molecule has 17 heavy (non-hydrogen) atoms. The molecule has 0 spiro atoms. The number of aliphatic hydroxyl groups is 1. The van der Waals surface area contributed by atoms with Crippen LogP contribution in [0.15, 0.2) is 12.1 Å². The molecule has 0 aromatic heterocycles. The Bertz CT molecular complexity index is 394. The van der Waals surface area contributed by atoms with E-state index < -0.39 is 0 Å². The predicted molar refractivity (Wildman–Crippen MR) is 70.7 cm³/mol. The zero-order valence-corrected chi connectivity index (χ0v) is 11.4. The molecule has 3 nitrogen and oxygen atoms in total. The van der Waals surface area contributed by atoms with E-state index in [1.54, 1.807) is 6.07 Å². The molecule has 0 saturated carbocycles. The number of hydrogen-bond acceptors (Lipinski definition) is 3. The van der Waals surface area contributed by atoms with Gasteiger partial charge in [0.25, 0.3) is 0 Å². The van der Waals surface area contributed by atoms with Crippen LogP contribution in [0.25, 0.3) is 0 Å². The third kappa shape index (κ3) is 4.36. The van der Waals surface area contributed by atoms with Crippen LogP contribution in [0.2, 0.25) is 10.0 Å². The number of benzene rings is 1. The van der Waals surface area contributed by atoms with Gasteiger partial charge in [-0.3, -0.25) is 0 Å². The molecule has 0 amide bonds. The number of phenolic OH excluding ortho intramolecular Hbond substituents is 1. The SMILES string of the molecule is CC(C)(CCO)NCc1cc(Cl)cc(Cl)c1O. The second-order valence-electron chi connectivity index (χ2n) is 4.61. The molecule has 0 aliphatic rings. The van der Waals surface area contributed by atoms with Gasteiger partial charge in [-0.1, -0.05) is 23.2 Å². The Morgan fingerprint density at radius 1 is 1.29 bits per heavy atom. The standard InChI is InChI=1S/C12H17Cl2NO2/c1-12(2,3-4-16)15-7-8-5-9(13)6-10(14)11(8)17/h5-6,15-17H,3-4,7H2,1-2H3. The van der Waals surface area contributed by atoms with Crippen molar-refractivity contribution < 1.29 is 10.2 Å². The Morgan fingerprint density at radius 2 is 1.94 bits per heavy atom. The quantitative estimate of drug-likeness (QED) is 0.776. The van der Waals surface area contributed by atoms with E-state index in [0.717, 1.165) is 0 Å². The van der Waals surface area contributed by atoms with Crippen LogP contribution in [-0.2, 0) is 6.54 Å². The average molecular weight is 278 g/mol. The Labute approximate surface area is 111 Å². The molecule has 0 atom stereocenters. The number of nitrogens with one attached hydrogen (secondary N) is 1. The van der Waals surface area contributed by atoms with Gasteiger partial charge in [0.2, 0.25) is 0 Å². The lowest BCUT2D eigenvalue weighted by Crippen LogP contribution is -2.39. The van der Waals surface area contributed by atoms with E-state index >= 15 is 0 Å². The van der Waals surface area contributed by atoms with E-state index in [4.69, 9.17) is 28.3 Å². The van der Waals surface area contributed by atoms with Crippen LogP contribution in [0.1, 0.15) is 25.8 Å². The van der Waals surface area contributed by atoms with Crippen molar-refractivity contribution in [2.24, 2.45) is 0 Å². The van der Waals surface area contributed by atoms with E-state index in [1.807, 2.05) is 13.8 Å². The van der Waals surface area contributed by atoms with E-state index in [1.165, 1.54) is 6.07 Å². The molecule has 0 saturated heterocycles. The molecule has 0 heterocycles. The molecule has 0 unspecified atom stereocenters. The first-order chi connectivity index (χ1) is 7.85. The van der Waals surface area contributed by atoms with Crippen molar-refractivity contribution in [2.75, 3.05) is 6.61 Å². The Balaban J connectivity index is 2.76. The molecule has 0 radical (unpaired) electrons. The van der Waals surface area contributed by atoms with Gasteiger partial charge >= 0.3 is 0 Å². The van der Waals surface area contributed by atoms with Gasteiger partial charge in [0, 0.05) is 29.3 Å². The zero-order valence-electron chi connectivity index (χ0n) is 9.93. The summed E-state index contributed by atoms with van der Waals surface area (Å²) in [5.74, 6) is 0.0448. The third-order valence-corrected chi connectivity index (χ3v) is 3.11. The van der Waals surface area contributed by atoms with Gasteiger partial charge in [-0.15, -0.1) is 0 Å². The second-order valence-corrected chi connectivity index (χ2v) is 5.45. The van der Waals surface area contributed by atoms with Gasteiger partial charge in [0.15, 0.2) is 0 Å². The Morgan fingerprint density at radius 3 is 2.53 bits per heavy atom. The van der Waals surface area contributed by atoms with Gasteiger partial charge in [-0.2, -0.15) is 0 Å². The monoisotopic (exact) mass is 277 g/mol. The summed E-state index contributed by atoms with van der Waals surface area (Å²) >= 11 is 11.7. The second kappa shape index (κ2) is 5.91. The van der Waals surface area contributed by atoms with Crippen molar-refractivity contribution in [1.29, 1.82) is 0 Å². The summed E-state index contributed by atoms with van der Waals surface area (Å²) in [6, 6.07) is 3.17. The molecule has 0 fully saturated rings. The van der Waals surface area contributed by atoms with Gasteiger partial charge in [-0.25, -0.2) is 0 Å². The third-order valence-electron chi connectivity index (χ3n) is 2.60. The molecule has 0 aliphatic heterocycles. The van der Waals surface area contributed by atoms with Crippen molar-refractivity contribution in [1.82, 2.24) is 5.32 Å². The highest BCUT2D eigenvalue weighted by Gasteiger charge is 2.17. The van der Waals surface area contributed by atoms with Crippen molar-refractivity contribution in [3.63, 3.8) is 0 Å². The van der Waals surface area contributed by atoms with Gasteiger partial charge in [0.05, 0.1) is 5.02 Å². The predicted octanol–water partition coefficient (Wildman–Crippen LogP) is 2.95. The van der Waals surface area contributed by atoms with E-state index in [2.05, 4.69) is 5.32 Å². The van der Waals surface area contributed by atoms with E-state index in [-0.39, 0.29) is 22.9 Å². The topological polar surface area (TPSA) is 52.5 Å². The highest BCUT2D eigenvalue weighted by Crippen LogP contribution is 2.31. The van der Waals surface area contributed by atoms with Gasteiger partial charge in [-0.05, 0) is 32.4 Å². The normalized spacial score (nSPS) is 11.8. The molecule has 3 N–H and O–H groups in total. The minimum Gasteiger partial charge on any atom is -0.506 e. The minimum absolute atomic E-state index is 0.0448. The number of aliphatic hydroxyl groups excluding tert-OH is 1. The number of aromatic hydroxyl groups is 1. The maximum Gasteiger partial charge on any atom is 0.138 e. The number of halogens is 2. The van der Waals surface area contributed by atoms with E-state index in [9.17, 15) is 5.11 Å². The summed E-state index contributed by atoms with van der Waals surface area (Å²) in [6.07, 6.45) is 0.627. The first-order valence-corrected chi connectivity index (χ1v) is 6.14. The first kappa shape index (κ1) is 14.6. The zero-order chi connectivity index (χ0) is 13.1. The summed E-state index contributed by atoms with van der Waals surface area (Å²) in [6.45, 7) is 4.51. The summed E-state index contributed by atoms with van der Waals surface area (Å²) in [5.41, 5.74) is 0.434. The van der Waals surface area contributed by atoms with Crippen LogP contribution >= 0.6 is 23.2 Å². The van der Waals surface area contributed by atoms with Crippen molar-refractivity contribution in [3.8, 4) is 5.75 Å². The summed E-state index contributed by atoms with van der Waals surface area (Å²) in [7, 11) is 0. The van der Waals surface area contributed by atoms with Crippen molar-refractivity contribution in [2.45, 2.75) is 32.4 Å². The smallest absolute Gasteiger partial charge is 0.138 e. The molecular weight excluding hydrogens is 261 g/mol. The molecule has 96 valence electrons. The first-order valence-electron chi connectivity index (χ1n) is 5.38. The van der Waals surface area contributed by atoms with Crippen LogP contribution in [0, 0.1) is 0 Å². The molecule has 0 aliphatic carbocycles. The van der Waals surface area contributed by atoms with Crippen molar-refractivity contribution in [3.05, 3.63) is 27.7 Å². The molecule has 1 aromatic carbocycles. The fraction of sp³-hybridized carbons (Fsp3) is 0.500. The highest BCUT2D eigenvalue weighted by molar-refractivity contribution is 6.35. The molecular formula is C12H17Cl2NO2. The van der Waals surface area contributed by atoms with Crippen LogP contribution in [0.5, 0.6) is 5.75 Å². The molecule has 0 bridgehead atoms. The fourth-order valence-electron chi connectivity index (χ4n) is 1.46. The fourth-order valence-corrected chi connectivity index (χ4v) is 1.99. The average Bonchev–Trinajstić information content (AvgIpc) is 2.21. The maximum atomic E-state index is 9.77. The molecule has 1 rings (SSSR count). The highest BCUT2D eigenvalue weighted by atomic mass is 35.5. The van der Waals surface area contributed by atoms with Crippen LogP contribution < -0.4 is 5.32 Å². The number of hydrogen-bond donors (Lipinski definition) is 3. The van der Waals surface area contributed by atoms with Crippen LogP contribution in [-0.4, -0.2) is 22.4 Å². The number of phenols is 1. The lowest BCUT2D eigenvalue weighted by Gasteiger charge is -2.25. The maximum absolute atomic E-state index is 9.77. The Kier molecular flexibility index (Phi) is 5.07. The lowest BCUT2D eigenvalue weighted by atomic mass is 10.0. The lowest BCUT2D eigenvalue weighted by molar-refractivity contribution is 0.229. The van der Waals surface area contributed by atoms with E-state index in [0.29, 0.717) is 23.6 Å². The molecule has 5 heteroatoms. The van der Waals surface area contributed by atoms with Gasteiger partial charge < -0.3 is 15.5 Å². The summed E-state index contributed by atoms with van der Waals surface area (Å²) in [4.78, 5) is 0. The summed E-state index contributed by atoms with van der Waals surface area (Å²) in [5, 5.41) is 22.6. The Hall–Kier alpha value is -0.480. The largest absolute Gasteiger partial charge is 0.506 e. The van der Waals surface area contributed by atoms with Gasteiger partial charge in [0.1, 0.15) is 5.75 Å². The van der Waals surface area contributed by atoms with Crippen LogP contribution in [0.3, 0.4) is 0 Å². The van der Waals surface area contributed by atoms with Crippen LogP contribution in [0.4, 0.5) is 0 Å². The van der Waals surface area contributed by atoms with Crippen molar-refractivity contribution >= 4 is 23.2 Å². The summed E-state index contributed by atoms with van der Waals surface area (Å²) < 4.78 is 0. The number of rotatable bonds is 5. The molecule has 1 aromatic rings. The minimum atomic E-state index is -0.212.